The summed E-state index contributed by atoms with van der Waals surface area (Å²) in [6.07, 6.45) is 3.09. The number of hydrogen-bond donors (Lipinski definition) is 3. The van der Waals surface area contributed by atoms with Crippen LogP contribution in [0.1, 0.15) is 0 Å². The topological polar surface area (TPSA) is 61.4 Å². The van der Waals surface area contributed by atoms with Crippen molar-refractivity contribution in [2.24, 2.45) is 0 Å². The minimum absolute atomic E-state index is 0.899. The summed E-state index contributed by atoms with van der Waals surface area (Å²) >= 11 is 1.80. The first-order valence-corrected chi connectivity index (χ1v) is 3.36. The molecular formula is C4H5IN2O2. The van der Waals surface area contributed by atoms with Gasteiger partial charge in [-0.15, -0.1) is 0 Å². The number of hydrogen-bond acceptors (Lipinski definition) is 3. The molecule has 3 N–H and O–H groups in total. The fourth-order valence-electron chi connectivity index (χ4n) is 0.470. The first-order valence-electron chi connectivity index (χ1n) is 2.28. The molecule has 1 heterocycles. The number of aliphatic carboxylic acids is 1. The molecule has 1 unspecified atom stereocenters. The molecule has 0 aromatic heterocycles. The summed E-state index contributed by atoms with van der Waals surface area (Å²) in [5, 5.41) is 8.51. The van der Waals surface area contributed by atoms with Gasteiger partial charge in [-0.2, -0.15) is 0 Å². The lowest BCUT2D eigenvalue weighted by atomic mass is 10.3. The molecule has 0 aromatic carbocycles. The molecule has 0 bridgehead atoms. The van der Waals surface area contributed by atoms with Crippen molar-refractivity contribution in [3.05, 3.63) is 12.3 Å². The standard InChI is InChI=1S/C4H5IN2O2/c5-4(3(8)9)1-2-6-7-4/h1-2,6-7H,(H,8,9). The lowest BCUT2D eigenvalue weighted by Gasteiger charge is -2.12. The molecule has 0 radical (unpaired) electrons. The molecule has 4 nitrogen and oxygen atoms in total. The number of nitrogens with one attached hydrogen (secondary N) is 2. The van der Waals surface area contributed by atoms with Gasteiger partial charge < -0.3 is 10.5 Å². The van der Waals surface area contributed by atoms with E-state index in [0.717, 1.165) is 0 Å². The maximum Gasteiger partial charge on any atom is 0.340 e. The number of carboxylic acid groups (broad SMARTS) is 1. The summed E-state index contributed by atoms with van der Waals surface area (Å²) < 4.78 is -0.961. The van der Waals surface area contributed by atoms with Crippen molar-refractivity contribution in [3.63, 3.8) is 0 Å². The monoisotopic (exact) mass is 240 g/mol. The second kappa shape index (κ2) is 2.14. The maximum absolute atomic E-state index is 10.4. The Morgan fingerprint density at radius 1 is 1.78 bits per heavy atom. The lowest BCUT2D eigenvalue weighted by molar-refractivity contribution is -0.138. The van der Waals surface area contributed by atoms with E-state index in [1.165, 1.54) is 6.08 Å². The Morgan fingerprint density at radius 2 is 2.44 bits per heavy atom. The van der Waals surface area contributed by atoms with Gasteiger partial charge in [0.2, 0.25) is 3.55 Å². The Labute approximate surface area is 65.4 Å². The zero-order chi connectivity index (χ0) is 6.91. The molecule has 1 rings (SSSR count). The Balaban J connectivity index is 2.74. The highest BCUT2D eigenvalue weighted by atomic mass is 127. The van der Waals surface area contributed by atoms with Crippen molar-refractivity contribution < 1.29 is 9.90 Å². The van der Waals surface area contributed by atoms with Gasteiger partial charge in [-0.05, 0) is 28.7 Å². The highest BCUT2D eigenvalue weighted by Crippen LogP contribution is 2.18. The van der Waals surface area contributed by atoms with Crippen molar-refractivity contribution in [1.29, 1.82) is 0 Å². The SMILES string of the molecule is O=C(O)C1(I)C=CNN1. The van der Waals surface area contributed by atoms with Crippen LogP contribution in [0.3, 0.4) is 0 Å². The summed E-state index contributed by atoms with van der Waals surface area (Å²) in [5.74, 6) is -0.899. The summed E-state index contributed by atoms with van der Waals surface area (Å²) in [6, 6.07) is 0. The third kappa shape index (κ3) is 1.16. The molecule has 1 aliphatic heterocycles. The second-order valence-electron chi connectivity index (χ2n) is 1.62. The van der Waals surface area contributed by atoms with E-state index in [9.17, 15) is 4.79 Å². The van der Waals surface area contributed by atoms with Crippen LogP contribution in [0.2, 0.25) is 0 Å². The van der Waals surface area contributed by atoms with E-state index in [1.54, 1.807) is 28.8 Å². The zero-order valence-electron chi connectivity index (χ0n) is 4.39. The predicted octanol–water partition coefficient (Wildman–Crippen LogP) is -0.176. The Bertz CT molecular complexity index is 170. The third-order valence-corrected chi connectivity index (χ3v) is 2.05. The summed E-state index contributed by atoms with van der Waals surface area (Å²) in [7, 11) is 0. The van der Waals surface area contributed by atoms with E-state index in [-0.39, 0.29) is 0 Å². The van der Waals surface area contributed by atoms with Gasteiger partial charge in [0.05, 0.1) is 0 Å². The first kappa shape index (κ1) is 6.81. The van der Waals surface area contributed by atoms with Crippen molar-refractivity contribution in [2.45, 2.75) is 3.55 Å². The van der Waals surface area contributed by atoms with Crippen LogP contribution < -0.4 is 10.9 Å². The Hall–Kier alpha value is -0.300. The van der Waals surface area contributed by atoms with Gasteiger partial charge in [-0.3, -0.25) is 0 Å². The smallest absolute Gasteiger partial charge is 0.340 e. The Morgan fingerprint density at radius 3 is 2.67 bits per heavy atom. The summed E-state index contributed by atoms with van der Waals surface area (Å²) in [4.78, 5) is 10.4. The summed E-state index contributed by atoms with van der Waals surface area (Å²) in [5.41, 5.74) is 5.13. The normalized spacial score (nSPS) is 32.1. The van der Waals surface area contributed by atoms with Gasteiger partial charge in [0.25, 0.3) is 0 Å². The highest BCUT2D eigenvalue weighted by Gasteiger charge is 2.34. The molecule has 0 fully saturated rings. The van der Waals surface area contributed by atoms with E-state index in [4.69, 9.17) is 5.11 Å². The largest absolute Gasteiger partial charge is 0.479 e. The lowest BCUT2D eigenvalue weighted by Crippen LogP contribution is -2.45. The third-order valence-electron chi connectivity index (χ3n) is 0.962. The van der Waals surface area contributed by atoms with Crippen LogP contribution in [0.5, 0.6) is 0 Å². The van der Waals surface area contributed by atoms with Crippen molar-refractivity contribution in [1.82, 2.24) is 10.9 Å². The van der Waals surface area contributed by atoms with Crippen LogP contribution in [0.4, 0.5) is 0 Å². The molecule has 0 aliphatic carbocycles. The van der Waals surface area contributed by atoms with Crippen LogP contribution in [-0.2, 0) is 4.79 Å². The molecule has 50 valence electrons. The molecule has 0 saturated carbocycles. The van der Waals surface area contributed by atoms with Crippen molar-refractivity contribution in [2.75, 3.05) is 0 Å². The van der Waals surface area contributed by atoms with Crippen LogP contribution in [0.15, 0.2) is 12.3 Å². The Kier molecular flexibility index (Phi) is 1.62. The molecular weight excluding hydrogens is 235 g/mol. The van der Waals surface area contributed by atoms with Gasteiger partial charge >= 0.3 is 5.97 Å². The molecule has 0 spiro atoms. The van der Waals surface area contributed by atoms with E-state index >= 15 is 0 Å². The number of carboxylic acids is 1. The van der Waals surface area contributed by atoms with Gasteiger partial charge in [0.1, 0.15) is 0 Å². The first-order chi connectivity index (χ1) is 4.15. The van der Waals surface area contributed by atoms with Crippen molar-refractivity contribution >= 4 is 28.6 Å². The maximum atomic E-state index is 10.4. The minimum atomic E-state index is -0.961. The number of carbonyl (C=O) groups is 1. The predicted molar refractivity (Wildman–Crippen MR) is 39.8 cm³/mol. The molecule has 5 heteroatoms. The minimum Gasteiger partial charge on any atom is -0.479 e. The van der Waals surface area contributed by atoms with Crippen LogP contribution in [0.25, 0.3) is 0 Å². The van der Waals surface area contributed by atoms with E-state index < -0.39 is 9.51 Å². The average Bonchev–Trinajstić information content (AvgIpc) is 2.16. The zero-order valence-corrected chi connectivity index (χ0v) is 6.55. The van der Waals surface area contributed by atoms with E-state index in [2.05, 4.69) is 10.9 Å². The van der Waals surface area contributed by atoms with E-state index in [0.29, 0.717) is 0 Å². The molecule has 9 heavy (non-hydrogen) atoms. The molecule has 0 aromatic rings. The average molecular weight is 240 g/mol. The number of alkyl halides is 1. The summed E-state index contributed by atoms with van der Waals surface area (Å²) in [6.45, 7) is 0. The number of hydrazine groups is 1. The molecule has 1 atom stereocenters. The quantitative estimate of drug-likeness (QED) is 0.338. The van der Waals surface area contributed by atoms with Gasteiger partial charge in [-0.25, -0.2) is 10.2 Å². The number of rotatable bonds is 1. The van der Waals surface area contributed by atoms with Crippen LogP contribution in [0, 0.1) is 0 Å². The van der Waals surface area contributed by atoms with Crippen LogP contribution >= 0.6 is 22.6 Å². The fraction of sp³-hybridized carbons (Fsp3) is 0.250. The van der Waals surface area contributed by atoms with Crippen molar-refractivity contribution in [3.8, 4) is 0 Å². The van der Waals surface area contributed by atoms with Gasteiger partial charge in [0.15, 0.2) is 0 Å². The fourth-order valence-corrected chi connectivity index (χ4v) is 0.805. The van der Waals surface area contributed by atoms with Gasteiger partial charge in [0, 0.05) is 6.20 Å². The second-order valence-corrected chi connectivity index (χ2v) is 3.32. The molecule has 1 aliphatic rings. The van der Waals surface area contributed by atoms with Crippen LogP contribution in [-0.4, -0.2) is 14.6 Å². The number of halogens is 1. The highest BCUT2D eigenvalue weighted by molar-refractivity contribution is 14.1. The molecule has 0 saturated heterocycles. The molecule has 0 amide bonds. The van der Waals surface area contributed by atoms with Gasteiger partial charge in [-0.1, -0.05) is 0 Å². The van der Waals surface area contributed by atoms with E-state index in [1.807, 2.05) is 0 Å².